The largest absolute Gasteiger partial charge is 0.206 e. The summed E-state index contributed by atoms with van der Waals surface area (Å²) in [6, 6.07) is 9.99. The fraction of sp³-hybridized carbons (Fsp3) is 0.0769. The van der Waals surface area contributed by atoms with Crippen molar-refractivity contribution in [3.63, 3.8) is 0 Å². The summed E-state index contributed by atoms with van der Waals surface area (Å²) >= 11 is 11.9. The third-order valence-corrected chi connectivity index (χ3v) is 2.98. The molecule has 16 heavy (non-hydrogen) atoms. The Labute approximate surface area is 104 Å². The van der Waals surface area contributed by atoms with E-state index in [9.17, 15) is 4.39 Å². The van der Waals surface area contributed by atoms with Gasteiger partial charge in [-0.25, -0.2) is 4.39 Å². The van der Waals surface area contributed by atoms with Crippen molar-refractivity contribution in [2.24, 2.45) is 0 Å². The lowest BCUT2D eigenvalue weighted by Crippen LogP contribution is -1.89. The Morgan fingerprint density at radius 3 is 2.50 bits per heavy atom. The second-order valence-corrected chi connectivity index (χ2v) is 4.40. The Hall–Kier alpha value is -1.05. The first-order chi connectivity index (χ1) is 7.59. The summed E-state index contributed by atoms with van der Waals surface area (Å²) < 4.78 is 13.7. The number of benzene rings is 2. The van der Waals surface area contributed by atoms with Crippen molar-refractivity contribution in [3.05, 3.63) is 57.8 Å². The third kappa shape index (κ3) is 2.06. The second-order valence-electron chi connectivity index (χ2n) is 3.56. The molecular formula is C13H9Cl2F. The Balaban J connectivity index is 2.72. The van der Waals surface area contributed by atoms with Crippen molar-refractivity contribution in [3.8, 4) is 11.1 Å². The van der Waals surface area contributed by atoms with Gasteiger partial charge in [0.1, 0.15) is 5.82 Å². The average molecular weight is 255 g/mol. The van der Waals surface area contributed by atoms with Crippen LogP contribution in [0.5, 0.6) is 0 Å². The fourth-order valence-corrected chi connectivity index (χ4v) is 2.06. The van der Waals surface area contributed by atoms with Gasteiger partial charge in [0.2, 0.25) is 0 Å². The van der Waals surface area contributed by atoms with Crippen LogP contribution in [0.4, 0.5) is 4.39 Å². The molecule has 2 rings (SSSR count). The van der Waals surface area contributed by atoms with Crippen molar-refractivity contribution in [2.75, 3.05) is 0 Å². The molecule has 0 unspecified atom stereocenters. The maximum absolute atomic E-state index is 13.7. The molecule has 3 heteroatoms. The van der Waals surface area contributed by atoms with E-state index in [0.717, 1.165) is 11.1 Å². The van der Waals surface area contributed by atoms with Gasteiger partial charge in [-0.3, -0.25) is 0 Å². The van der Waals surface area contributed by atoms with E-state index < -0.39 is 0 Å². The number of hydrogen-bond donors (Lipinski definition) is 0. The third-order valence-electron chi connectivity index (χ3n) is 2.43. The molecule has 0 spiro atoms. The first-order valence-electron chi connectivity index (χ1n) is 4.80. The first kappa shape index (κ1) is 11.4. The zero-order valence-corrected chi connectivity index (χ0v) is 10.1. The molecule has 0 N–H and O–H groups in total. The summed E-state index contributed by atoms with van der Waals surface area (Å²) in [6.07, 6.45) is 0. The van der Waals surface area contributed by atoms with E-state index >= 15 is 0 Å². The lowest BCUT2D eigenvalue weighted by Gasteiger charge is -2.09. The molecule has 2 aromatic rings. The number of aryl methyl sites for hydroxylation is 1. The summed E-state index contributed by atoms with van der Waals surface area (Å²) in [4.78, 5) is 0. The van der Waals surface area contributed by atoms with Gasteiger partial charge in [0.25, 0.3) is 0 Å². The molecule has 0 nitrogen and oxygen atoms in total. The van der Waals surface area contributed by atoms with Gasteiger partial charge in [-0.1, -0.05) is 35.3 Å². The van der Waals surface area contributed by atoms with E-state index in [1.165, 1.54) is 6.07 Å². The van der Waals surface area contributed by atoms with Crippen LogP contribution in [-0.4, -0.2) is 0 Å². The topological polar surface area (TPSA) is 0 Å². The zero-order valence-electron chi connectivity index (χ0n) is 8.60. The summed E-state index contributed by atoms with van der Waals surface area (Å²) in [5.74, 6) is -0.335. The van der Waals surface area contributed by atoms with Crippen molar-refractivity contribution in [2.45, 2.75) is 6.92 Å². The summed E-state index contributed by atoms with van der Waals surface area (Å²) in [5.41, 5.74) is 2.08. The molecule has 0 aromatic heterocycles. The van der Waals surface area contributed by atoms with Gasteiger partial charge in [0, 0.05) is 10.6 Å². The van der Waals surface area contributed by atoms with E-state index in [2.05, 4.69) is 0 Å². The Morgan fingerprint density at radius 1 is 1.06 bits per heavy atom. The minimum absolute atomic E-state index is 0.335. The normalized spacial score (nSPS) is 10.5. The molecule has 0 aliphatic carbocycles. The number of hydrogen-bond acceptors (Lipinski definition) is 0. The van der Waals surface area contributed by atoms with Crippen molar-refractivity contribution >= 4 is 23.2 Å². The molecule has 0 heterocycles. The predicted molar refractivity (Wildman–Crippen MR) is 66.6 cm³/mol. The molecule has 0 aliphatic heterocycles. The van der Waals surface area contributed by atoms with Crippen molar-refractivity contribution in [1.29, 1.82) is 0 Å². The van der Waals surface area contributed by atoms with Gasteiger partial charge in [-0.15, -0.1) is 0 Å². The lowest BCUT2D eigenvalue weighted by molar-refractivity contribution is 0.631. The van der Waals surface area contributed by atoms with Crippen LogP contribution in [0, 0.1) is 12.7 Å². The van der Waals surface area contributed by atoms with Crippen LogP contribution in [0.3, 0.4) is 0 Å². The van der Waals surface area contributed by atoms with Gasteiger partial charge in [-0.2, -0.15) is 0 Å². The van der Waals surface area contributed by atoms with E-state index in [4.69, 9.17) is 23.2 Å². The lowest BCUT2D eigenvalue weighted by atomic mass is 10.0. The maximum atomic E-state index is 13.7. The number of halogens is 3. The average Bonchev–Trinajstić information content (AvgIpc) is 2.23. The highest BCUT2D eigenvalue weighted by atomic mass is 35.5. The minimum atomic E-state index is -0.335. The van der Waals surface area contributed by atoms with Crippen LogP contribution in [0.25, 0.3) is 11.1 Å². The Morgan fingerprint density at radius 2 is 1.81 bits per heavy atom. The minimum Gasteiger partial charge on any atom is -0.206 e. The standard InChI is InChI=1S/C13H9Cl2F/c1-8-5-6-9(14)7-10(8)13-11(15)3-2-4-12(13)16/h2-7H,1H3. The van der Waals surface area contributed by atoms with Crippen molar-refractivity contribution in [1.82, 2.24) is 0 Å². The van der Waals surface area contributed by atoms with Gasteiger partial charge in [-0.05, 0) is 42.3 Å². The zero-order chi connectivity index (χ0) is 11.7. The molecule has 0 saturated carbocycles. The molecule has 0 fully saturated rings. The highest BCUT2D eigenvalue weighted by Gasteiger charge is 2.11. The van der Waals surface area contributed by atoms with E-state index in [-0.39, 0.29) is 5.82 Å². The van der Waals surface area contributed by atoms with Gasteiger partial charge < -0.3 is 0 Å². The molecule has 0 atom stereocenters. The second kappa shape index (κ2) is 4.44. The molecule has 0 bridgehead atoms. The number of rotatable bonds is 1. The Bertz CT molecular complexity index is 515. The predicted octanol–water partition coefficient (Wildman–Crippen LogP) is 5.11. The fourth-order valence-electron chi connectivity index (χ4n) is 1.62. The van der Waals surface area contributed by atoms with E-state index in [1.54, 1.807) is 24.3 Å². The monoisotopic (exact) mass is 254 g/mol. The molecule has 2 aromatic carbocycles. The van der Waals surface area contributed by atoms with Crippen LogP contribution in [0.1, 0.15) is 5.56 Å². The molecule has 0 aliphatic rings. The van der Waals surface area contributed by atoms with E-state index in [0.29, 0.717) is 15.6 Å². The molecule has 82 valence electrons. The maximum Gasteiger partial charge on any atom is 0.132 e. The van der Waals surface area contributed by atoms with Crippen LogP contribution >= 0.6 is 23.2 Å². The van der Waals surface area contributed by atoms with Crippen LogP contribution < -0.4 is 0 Å². The first-order valence-corrected chi connectivity index (χ1v) is 5.55. The molecule has 0 saturated heterocycles. The highest BCUT2D eigenvalue weighted by Crippen LogP contribution is 2.34. The van der Waals surface area contributed by atoms with Crippen LogP contribution in [-0.2, 0) is 0 Å². The molecule has 0 amide bonds. The SMILES string of the molecule is Cc1ccc(Cl)cc1-c1c(F)cccc1Cl. The highest BCUT2D eigenvalue weighted by molar-refractivity contribution is 6.34. The van der Waals surface area contributed by atoms with Gasteiger partial charge in [0.15, 0.2) is 0 Å². The van der Waals surface area contributed by atoms with Crippen LogP contribution in [0.2, 0.25) is 10.0 Å². The van der Waals surface area contributed by atoms with Crippen LogP contribution in [0.15, 0.2) is 36.4 Å². The summed E-state index contributed by atoms with van der Waals surface area (Å²) in [6.45, 7) is 1.90. The van der Waals surface area contributed by atoms with E-state index in [1.807, 2.05) is 13.0 Å². The molecular weight excluding hydrogens is 246 g/mol. The Kier molecular flexibility index (Phi) is 3.17. The summed E-state index contributed by atoms with van der Waals surface area (Å²) in [5, 5.41) is 0.963. The summed E-state index contributed by atoms with van der Waals surface area (Å²) in [7, 11) is 0. The van der Waals surface area contributed by atoms with Gasteiger partial charge in [0.05, 0.1) is 5.02 Å². The molecule has 0 radical (unpaired) electrons. The van der Waals surface area contributed by atoms with Crippen molar-refractivity contribution < 1.29 is 4.39 Å². The van der Waals surface area contributed by atoms with Gasteiger partial charge >= 0.3 is 0 Å². The quantitative estimate of drug-likeness (QED) is 0.664. The smallest absolute Gasteiger partial charge is 0.132 e.